The number of hydrogen-bond donors (Lipinski definition) is 1. The maximum atomic E-state index is 10.9. The average molecular weight is 164 g/mol. The van der Waals surface area contributed by atoms with Gasteiger partial charge in [-0.3, -0.25) is 4.57 Å². The average Bonchev–Trinajstić information content (AvgIpc) is 2.47. The molecule has 0 saturated heterocycles. The van der Waals surface area contributed by atoms with Crippen molar-refractivity contribution in [2.45, 2.75) is 19.3 Å². The first kappa shape index (κ1) is 7.34. The zero-order valence-electron chi connectivity index (χ0n) is 6.66. The second kappa shape index (κ2) is 2.62. The van der Waals surface area contributed by atoms with Gasteiger partial charge in [0.05, 0.1) is 11.4 Å². The Morgan fingerprint density at radius 3 is 3.25 bits per heavy atom. The van der Waals surface area contributed by atoms with Crippen LogP contribution in [-0.2, 0) is 12.8 Å². The molecule has 1 radical (unpaired) electrons. The van der Waals surface area contributed by atoms with E-state index in [2.05, 4.69) is 11.4 Å². The van der Waals surface area contributed by atoms with E-state index in [-0.39, 0.29) is 0 Å². The van der Waals surface area contributed by atoms with Gasteiger partial charge in [0.1, 0.15) is 6.33 Å². The standard InChI is InChI=1S/C8H10N3O/c9-8(12)11-5-10-6-3-1-2-4-7(6)11/h1,5H,2-4H2,(H2,9,12). The van der Waals surface area contributed by atoms with Crippen molar-refractivity contribution in [1.82, 2.24) is 9.55 Å². The fourth-order valence-electron chi connectivity index (χ4n) is 1.51. The monoisotopic (exact) mass is 164 g/mol. The van der Waals surface area contributed by atoms with Gasteiger partial charge in [-0.25, -0.2) is 9.78 Å². The molecule has 1 aromatic heterocycles. The second-order valence-corrected chi connectivity index (χ2v) is 2.88. The van der Waals surface area contributed by atoms with Crippen LogP contribution in [0.3, 0.4) is 0 Å². The van der Waals surface area contributed by atoms with Crippen LogP contribution >= 0.6 is 0 Å². The van der Waals surface area contributed by atoms with Crippen molar-refractivity contribution in [3.63, 3.8) is 0 Å². The lowest BCUT2D eigenvalue weighted by molar-refractivity contribution is 0.249. The van der Waals surface area contributed by atoms with E-state index in [1.807, 2.05) is 0 Å². The summed E-state index contributed by atoms with van der Waals surface area (Å²) in [5.41, 5.74) is 7.12. The fourth-order valence-corrected chi connectivity index (χ4v) is 1.51. The van der Waals surface area contributed by atoms with E-state index >= 15 is 0 Å². The lowest BCUT2D eigenvalue weighted by Crippen LogP contribution is -2.22. The van der Waals surface area contributed by atoms with Gasteiger partial charge in [0.25, 0.3) is 0 Å². The number of primary amides is 1. The minimum absolute atomic E-state index is 0.439. The summed E-state index contributed by atoms with van der Waals surface area (Å²) in [5, 5.41) is 0. The molecule has 1 aromatic rings. The minimum Gasteiger partial charge on any atom is -0.351 e. The maximum absolute atomic E-state index is 10.9. The van der Waals surface area contributed by atoms with Crippen LogP contribution in [0.2, 0.25) is 0 Å². The molecule has 2 rings (SSSR count). The lowest BCUT2D eigenvalue weighted by Gasteiger charge is -2.10. The highest BCUT2D eigenvalue weighted by Gasteiger charge is 2.16. The van der Waals surface area contributed by atoms with Gasteiger partial charge in [0.15, 0.2) is 0 Å². The third kappa shape index (κ3) is 0.995. The minimum atomic E-state index is -0.439. The molecule has 1 aliphatic rings. The largest absolute Gasteiger partial charge is 0.351 e. The molecule has 2 N–H and O–H groups in total. The normalized spacial score (nSPS) is 15.7. The number of amides is 1. The molecule has 4 heteroatoms. The van der Waals surface area contributed by atoms with Crippen molar-refractivity contribution in [2.75, 3.05) is 0 Å². The first-order valence-electron chi connectivity index (χ1n) is 3.95. The fraction of sp³-hybridized carbons (Fsp3) is 0.375. The van der Waals surface area contributed by atoms with Crippen molar-refractivity contribution in [1.29, 1.82) is 0 Å². The number of fused-ring (bicyclic) bond motifs is 1. The molecule has 0 spiro atoms. The summed E-state index contributed by atoms with van der Waals surface area (Å²) >= 11 is 0. The third-order valence-electron chi connectivity index (χ3n) is 2.11. The van der Waals surface area contributed by atoms with Gasteiger partial charge in [0.2, 0.25) is 0 Å². The molecule has 1 heterocycles. The van der Waals surface area contributed by atoms with E-state index in [0.29, 0.717) is 0 Å². The van der Waals surface area contributed by atoms with Crippen LogP contribution in [0, 0.1) is 6.42 Å². The number of carbonyl (C=O) groups excluding carboxylic acids is 1. The topological polar surface area (TPSA) is 60.9 Å². The van der Waals surface area contributed by atoms with E-state index in [0.717, 1.165) is 30.7 Å². The Labute approximate surface area is 70.4 Å². The molecule has 0 atom stereocenters. The van der Waals surface area contributed by atoms with Gasteiger partial charge in [-0.05, 0) is 25.7 Å². The number of nitrogens with zero attached hydrogens (tertiary/aromatic N) is 2. The summed E-state index contributed by atoms with van der Waals surface area (Å²) in [6.45, 7) is 0. The smallest absolute Gasteiger partial charge is 0.324 e. The van der Waals surface area contributed by atoms with Crippen LogP contribution in [0.4, 0.5) is 4.79 Å². The Hall–Kier alpha value is -1.32. The number of carbonyl (C=O) groups is 1. The Bertz CT molecular complexity index is 316. The molecule has 0 unspecified atom stereocenters. The predicted octanol–water partition coefficient (Wildman–Crippen LogP) is 0.503. The van der Waals surface area contributed by atoms with Crippen LogP contribution in [0.1, 0.15) is 17.8 Å². The summed E-state index contributed by atoms with van der Waals surface area (Å²) in [6.07, 6.45) is 6.41. The number of rotatable bonds is 0. The Balaban J connectivity index is 2.44. The van der Waals surface area contributed by atoms with Gasteiger partial charge in [-0.2, -0.15) is 0 Å². The molecule has 0 bridgehead atoms. The molecule has 1 aliphatic carbocycles. The number of aromatic nitrogens is 2. The van der Waals surface area contributed by atoms with Crippen LogP contribution in [0.5, 0.6) is 0 Å². The van der Waals surface area contributed by atoms with Crippen LogP contribution in [-0.4, -0.2) is 15.6 Å². The second-order valence-electron chi connectivity index (χ2n) is 2.88. The lowest BCUT2D eigenvalue weighted by atomic mass is 10.0. The molecule has 4 nitrogen and oxygen atoms in total. The molecule has 0 fully saturated rings. The van der Waals surface area contributed by atoms with Gasteiger partial charge in [-0.1, -0.05) is 0 Å². The maximum Gasteiger partial charge on any atom is 0.324 e. The van der Waals surface area contributed by atoms with Gasteiger partial charge in [-0.15, -0.1) is 0 Å². The molecule has 63 valence electrons. The molecule has 0 aromatic carbocycles. The van der Waals surface area contributed by atoms with Crippen molar-refractivity contribution >= 4 is 6.03 Å². The van der Waals surface area contributed by atoms with Gasteiger partial charge < -0.3 is 5.73 Å². The van der Waals surface area contributed by atoms with E-state index in [1.54, 1.807) is 0 Å². The van der Waals surface area contributed by atoms with Crippen LogP contribution in [0.25, 0.3) is 0 Å². The SMILES string of the molecule is NC(=O)n1cnc2c1CC[CH]C2. The van der Waals surface area contributed by atoms with Crippen molar-refractivity contribution in [3.8, 4) is 0 Å². The summed E-state index contributed by atoms with van der Waals surface area (Å²) in [7, 11) is 0. The third-order valence-corrected chi connectivity index (χ3v) is 2.11. The van der Waals surface area contributed by atoms with Crippen molar-refractivity contribution in [2.24, 2.45) is 5.73 Å². The first-order valence-corrected chi connectivity index (χ1v) is 3.95. The summed E-state index contributed by atoms with van der Waals surface area (Å²) in [4.78, 5) is 15.0. The highest BCUT2D eigenvalue weighted by atomic mass is 16.2. The van der Waals surface area contributed by atoms with E-state index in [4.69, 9.17) is 5.73 Å². The quantitative estimate of drug-likeness (QED) is 0.607. The zero-order valence-corrected chi connectivity index (χ0v) is 6.66. The first-order chi connectivity index (χ1) is 5.79. The summed E-state index contributed by atoms with van der Waals surface area (Å²) < 4.78 is 1.43. The highest BCUT2D eigenvalue weighted by molar-refractivity contribution is 5.75. The van der Waals surface area contributed by atoms with Gasteiger partial charge in [0, 0.05) is 0 Å². The molecule has 1 amide bonds. The number of imidazole rings is 1. The van der Waals surface area contributed by atoms with E-state index in [9.17, 15) is 4.79 Å². The van der Waals surface area contributed by atoms with E-state index in [1.165, 1.54) is 10.9 Å². The van der Waals surface area contributed by atoms with Crippen molar-refractivity contribution in [3.05, 3.63) is 24.1 Å². The molecule has 0 aliphatic heterocycles. The number of nitrogens with two attached hydrogens (primary N) is 1. The summed E-state index contributed by atoms with van der Waals surface area (Å²) in [6, 6.07) is -0.439. The highest BCUT2D eigenvalue weighted by Crippen LogP contribution is 2.18. The molecular formula is C8H10N3O. The Kier molecular flexibility index (Phi) is 1.60. The van der Waals surface area contributed by atoms with Gasteiger partial charge >= 0.3 is 6.03 Å². The summed E-state index contributed by atoms with van der Waals surface area (Å²) in [5.74, 6) is 0. The number of hydrogen-bond acceptors (Lipinski definition) is 2. The predicted molar refractivity (Wildman–Crippen MR) is 43.5 cm³/mol. The molecule has 12 heavy (non-hydrogen) atoms. The van der Waals surface area contributed by atoms with E-state index < -0.39 is 6.03 Å². The molecular weight excluding hydrogens is 154 g/mol. The van der Waals surface area contributed by atoms with Crippen LogP contribution in [0.15, 0.2) is 6.33 Å². The Morgan fingerprint density at radius 1 is 1.67 bits per heavy atom. The molecule has 0 saturated carbocycles. The zero-order chi connectivity index (χ0) is 8.55. The van der Waals surface area contributed by atoms with Crippen molar-refractivity contribution < 1.29 is 4.79 Å². The Morgan fingerprint density at radius 2 is 2.50 bits per heavy atom. The van der Waals surface area contributed by atoms with Crippen LogP contribution < -0.4 is 5.73 Å².